The van der Waals surface area contributed by atoms with E-state index in [-0.39, 0.29) is 0 Å². The third-order valence-electron chi connectivity index (χ3n) is 3.67. The van der Waals surface area contributed by atoms with E-state index in [1.807, 2.05) is 12.1 Å². The molecule has 5 nitrogen and oxygen atoms in total. The predicted octanol–water partition coefficient (Wildman–Crippen LogP) is 2.36. The summed E-state index contributed by atoms with van der Waals surface area (Å²) >= 11 is 0. The highest BCUT2D eigenvalue weighted by Gasteiger charge is 2.23. The van der Waals surface area contributed by atoms with Crippen LogP contribution in [-0.2, 0) is 0 Å². The summed E-state index contributed by atoms with van der Waals surface area (Å²) in [5, 5.41) is 0. The number of rotatable bonds is 2. The second kappa shape index (κ2) is 4.84. The Kier molecular flexibility index (Phi) is 3.03. The van der Waals surface area contributed by atoms with Crippen molar-refractivity contribution in [3.63, 3.8) is 0 Å². The fourth-order valence-electron chi connectivity index (χ4n) is 2.64. The summed E-state index contributed by atoms with van der Waals surface area (Å²) in [7, 11) is 0. The first kappa shape index (κ1) is 11.9. The van der Waals surface area contributed by atoms with Crippen molar-refractivity contribution in [1.82, 2.24) is 15.0 Å². The molecule has 0 aromatic carbocycles. The molecule has 4 N–H and O–H groups in total. The van der Waals surface area contributed by atoms with Crippen molar-refractivity contribution >= 4 is 11.5 Å². The lowest BCUT2D eigenvalue weighted by atomic mass is 10.0. The zero-order chi connectivity index (χ0) is 13.2. The van der Waals surface area contributed by atoms with Gasteiger partial charge in [0.25, 0.3) is 0 Å². The second-order valence-corrected chi connectivity index (χ2v) is 4.95. The fourth-order valence-corrected chi connectivity index (χ4v) is 2.64. The highest BCUT2D eigenvalue weighted by Crippen LogP contribution is 2.37. The van der Waals surface area contributed by atoms with Crippen LogP contribution in [0, 0.1) is 0 Å². The Hall–Kier alpha value is -2.17. The minimum Gasteiger partial charge on any atom is -0.394 e. The van der Waals surface area contributed by atoms with E-state index < -0.39 is 0 Å². The molecule has 1 saturated carbocycles. The minimum absolute atomic E-state index is 0.371. The Morgan fingerprint density at radius 1 is 1.11 bits per heavy atom. The molecule has 0 atom stereocenters. The number of nitrogens with two attached hydrogens (primary N) is 2. The monoisotopic (exact) mass is 255 g/mol. The van der Waals surface area contributed by atoms with Gasteiger partial charge in [-0.05, 0) is 25.0 Å². The van der Waals surface area contributed by atoms with Gasteiger partial charge in [-0.15, -0.1) is 0 Å². The van der Waals surface area contributed by atoms with Gasteiger partial charge in [0.2, 0.25) is 0 Å². The molecule has 0 spiro atoms. The summed E-state index contributed by atoms with van der Waals surface area (Å²) in [6, 6.07) is 3.79. The maximum atomic E-state index is 6.04. The van der Waals surface area contributed by atoms with Crippen LogP contribution in [0.5, 0.6) is 0 Å². The largest absolute Gasteiger partial charge is 0.394 e. The Labute approximate surface area is 112 Å². The van der Waals surface area contributed by atoms with Gasteiger partial charge in [0, 0.05) is 23.9 Å². The van der Waals surface area contributed by atoms with Gasteiger partial charge in [-0.25, -0.2) is 9.97 Å². The molecule has 2 aromatic heterocycles. The molecule has 98 valence electrons. The quantitative estimate of drug-likeness (QED) is 0.859. The van der Waals surface area contributed by atoms with Crippen molar-refractivity contribution < 1.29 is 0 Å². The average Bonchev–Trinajstić information content (AvgIpc) is 2.96. The van der Waals surface area contributed by atoms with E-state index in [1.54, 1.807) is 12.4 Å². The molecule has 0 radical (unpaired) electrons. The van der Waals surface area contributed by atoms with Crippen molar-refractivity contribution in [1.29, 1.82) is 0 Å². The number of anilines is 2. The first-order chi connectivity index (χ1) is 9.25. The second-order valence-electron chi connectivity index (χ2n) is 4.95. The molecule has 0 amide bonds. The van der Waals surface area contributed by atoms with Gasteiger partial charge in [0.15, 0.2) is 11.6 Å². The molecule has 0 bridgehead atoms. The van der Waals surface area contributed by atoms with Crippen LogP contribution in [0.3, 0.4) is 0 Å². The number of hydrogen-bond acceptors (Lipinski definition) is 5. The Morgan fingerprint density at radius 3 is 2.58 bits per heavy atom. The molecular weight excluding hydrogens is 238 g/mol. The first-order valence-corrected chi connectivity index (χ1v) is 6.59. The van der Waals surface area contributed by atoms with Crippen LogP contribution in [0.2, 0.25) is 0 Å². The molecule has 1 aliphatic carbocycles. The SMILES string of the molecule is Nc1nc(-c2cccnc2)nc(C2CCCC2)c1N. The van der Waals surface area contributed by atoms with Crippen LogP contribution < -0.4 is 11.5 Å². The molecule has 19 heavy (non-hydrogen) atoms. The summed E-state index contributed by atoms with van der Waals surface area (Å²) in [6.45, 7) is 0. The van der Waals surface area contributed by atoms with Gasteiger partial charge in [-0.1, -0.05) is 12.8 Å². The van der Waals surface area contributed by atoms with Crippen molar-refractivity contribution in [2.24, 2.45) is 0 Å². The summed E-state index contributed by atoms with van der Waals surface area (Å²) in [6.07, 6.45) is 8.19. The van der Waals surface area contributed by atoms with E-state index in [0.717, 1.165) is 24.1 Å². The summed E-state index contributed by atoms with van der Waals surface area (Å²) in [4.78, 5) is 13.0. The third kappa shape index (κ3) is 2.23. The topological polar surface area (TPSA) is 90.7 Å². The van der Waals surface area contributed by atoms with E-state index in [1.165, 1.54) is 12.8 Å². The van der Waals surface area contributed by atoms with Gasteiger partial charge in [-0.2, -0.15) is 0 Å². The van der Waals surface area contributed by atoms with Crippen LogP contribution in [0.15, 0.2) is 24.5 Å². The lowest BCUT2D eigenvalue weighted by molar-refractivity contribution is 0.699. The third-order valence-corrected chi connectivity index (χ3v) is 3.67. The summed E-state index contributed by atoms with van der Waals surface area (Å²) in [5.74, 6) is 1.40. The van der Waals surface area contributed by atoms with Crippen LogP contribution in [-0.4, -0.2) is 15.0 Å². The minimum atomic E-state index is 0.371. The van der Waals surface area contributed by atoms with E-state index >= 15 is 0 Å². The molecule has 0 aliphatic heterocycles. The maximum absolute atomic E-state index is 6.04. The number of pyridine rings is 1. The van der Waals surface area contributed by atoms with E-state index in [0.29, 0.717) is 23.2 Å². The highest BCUT2D eigenvalue weighted by molar-refractivity contribution is 5.67. The smallest absolute Gasteiger partial charge is 0.163 e. The van der Waals surface area contributed by atoms with Gasteiger partial charge < -0.3 is 11.5 Å². The Balaban J connectivity index is 2.07. The van der Waals surface area contributed by atoms with E-state index in [4.69, 9.17) is 11.5 Å². The fraction of sp³-hybridized carbons (Fsp3) is 0.357. The zero-order valence-corrected chi connectivity index (χ0v) is 10.7. The lowest BCUT2D eigenvalue weighted by Crippen LogP contribution is -2.09. The molecule has 3 rings (SSSR count). The standard InChI is InChI=1S/C14H17N5/c15-11-12(9-4-1-2-5-9)18-14(19-13(11)16)10-6-3-7-17-8-10/h3,6-9H,1-2,4-5,15H2,(H2,16,18,19). The highest BCUT2D eigenvalue weighted by atomic mass is 15.0. The van der Waals surface area contributed by atoms with Crippen LogP contribution in [0.25, 0.3) is 11.4 Å². The van der Waals surface area contributed by atoms with Gasteiger partial charge >= 0.3 is 0 Å². The average molecular weight is 255 g/mol. The van der Waals surface area contributed by atoms with E-state index in [2.05, 4.69) is 15.0 Å². The molecule has 2 aromatic rings. The number of hydrogen-bond donors (Lipinski definition) is 2. The zero-order valence-electron chi connectivity index (χ0n) is 10.7. The first-order valence-electron chi connectivity index (χ1n) is 6.59. The lowest BCUT2D eigenvalue weighted by Gasteiger charge is -2.14. The van der Waals surface area contributed by atoms with Crippen LogP contribution >= 0.6 is 0 Å². The maximum Gasteiger partial charge on any atom is 0.163 e. The molecule has 1 aliphatic rings. The molecule has 0 saturated heterocycles. The number of nitrogen functional groups attached to an aromatic ring is 2. The number of aromatic nitrogens is 3. The van der Waals surface area contributed by atoms with Gasteiger partial charge in [0.05, 0.1) is 11.4 Å². The Morgan fingerprint density at radius 2 is 1.89 bits per heavy atom. The van der Waals surface area contributed by atoms with Gasteiger partial charge in [-0.3, -0.25) is 4.98 Å². The van der Waals surface area contributed by atoms with Crippen molar-refractivity contribution in [3.05, 3.63) is 30.2 Å². The van der Waals surface area contributed by atoms with Crippen LogP contribution in [0.4, 0.5) is 11.5 Å². The van der Waals surface area contributed by atoms with Crippen molar-refractivity contribution in [3.8, 4) is 11.4 Å². The van der Waals surface area contributed by atoms with Gasteiger partial charge in [0.1, 0.15) is 0 Å². The van der Waals surface area contributed by atoms with Crippen LogP contribution in [0.1, 0.15) is 37.3 Å². The molecule has 1 fully saturated rings. The summed E-state index contributed by atoms with van der Waals surface area (Å²) < 4.78 is 0. The number of nitrogens with zero attached hydrogens (tertiary/aromatic N) is 3. The summed E-state index contributed by atoms with van der Waals surface area (Å²) in [5.41, 5.74) is 14.3. The molecule has 5 heteroatoms. The molecular formula is C14H17N5. The normalized spacial score (nSPS) is 15.8. The van der Waals surface area contributed by atoms with Crippen molar-refractivity contribution in [2.75, 3.05) is 11.5 Å². The van der Waals surface area contributed by atoms with Crippen molar-refractivity contribution in [2.45, 2.75) is 31.6 Å². The molecule has 2 heterocycles. The van der Waals surface area contributed by atoms with E-state index in [9.17, 15) is 0 Å². The Bertz CT molecular complexity index is 576. The predicted molar refractivity (Wildman–Crippen MR) is 75.3 cm³/mol. The molecule has 0 unspecified atom stereocenters.